The number of hydrogen-bond acceptors (Lipinski definition) is 6. The summed E-state index contributed by atoms with van der Waals surface area (Å²) in [5.74, 6) is 0.296. The molecule has 0 aliphatic rings. The summed E-state index contributed by atoms with van der Waals surface area (Å²) in [5, 5.41) is 7.64. The lowest BCUT2D eigenvalue weighted by molar-refractivity contribution is 0.490. The first-order chi connectivity index (χ1) is 12.6. The topological polar surface area (TPSA) is 102 Å². The fourth-order valence-corrected chi connectivity index (χ4v) is 4.38. The molecule has 0 spiro atoms. The summed E-state index contributed by atoms with van der Waals surface area (Å²) in [4.78, 5) is 4.77. The van der Waals surface area contributed by atoms with Gasteiger partial charge in [0.15, 0.2) is 16.4 Å². The van der Waals surface area contributed by atoms with Crippen molar-refractivity contribution in [3.05, 3.63) is 47.8 Å². The average Bonchev–Trinajstić information content (AvgIpc) is 2.93. The van der Waals surface area contributed by atoms with Gasteiger partial charge in [0.05, 0.1) is 4.90 Å². The monoisotopic (exact) mass is 387 g/mol. The van der Waals surface area contributed by atoms with Crippen molar-refractivity contribution < 1.29 is 8.42 Å². The maximum Gasteiger partial charge on any atom is 0.214 e. The fraction of sp³-hybridized carbons (Fsp3) is 0.368. The van der Waals surface area contributed by atoms with E-state index in [1.165, 1.54) is 0 Å². The highest BCUT2D eigenvalue weighted by atomic mass is 32.2. The van der Waals surface area contributed by atoms with Gasteiger partial charge in [-0.1, -0.05) is 18.2 Å². The summed E-state index contributed by atoms with van der Waals surface area (Å²) < 4.78 is 28.3. The van der Waals surface area contributed by atoms with Crippen LogP contribution in [0.4, 0.5) is 5.82 Å². The molecular weight excluding hydrogens is 362 g/mol. The van der Waals surface area contributed by atoms with Gasteiger partial charge in [0.25, 0.3) is 0 Å². The molecule has 3 rings (SSSR count). The highest BCUT2D eigenvalue weighted by Crippen LogP contribution is 2.31. The lowest BCUT2D eigenvalue weighted by atomic mass is 10.0. The smallest absolute Gasteiger partial charge is 0.214 e. The van der Waals surface area contributed by atoms with Gasteiger partial charge >= 0.3 is 0 Å². The van der Waals surface area contributed by atoms with Crippen LogP contribution in [-0.4, -0.2) is 35.1 Å². The van der Waals surface area contributed by atoms with Gasteiger partial charge in [0, 0.05) is 23.5 Å². The molecule has 0 fully saturated rings. The lowest BCUT2D eigenvalue weighted by Gasteiger charge is -2.18. The summed E-state index contributed by atoms with van der Waals surface area (Å²) >= 11 is 0. The molecular formula is C19H25N5O2S. The maximum absolute atomic E-state index is 13.4. The quantitative estimate of drug-likeness (QED) is 0.674. The van der Waals surface area contributed by atoms with Crippen molar-refractivity contribution in [2.24, 2.45) is 5.73 Å². The van der Waals surface area contributed by atoms with Crippen molar-refractivity contribution in [1.29, 1.82) is 0 Å². The largest absolute Gasteiger partial charge is 0.367 e. The standard InChI is InChI=1S/C19H25N5O2S/c1-13-12-14(2)24-18(22-13)16(17(23-24)21-11-10-19(3,4)20)27(25,26)15-8-6-5-7-9-15/h5-9,12H,10-11,20H2,1-4H3,(H,21,23). The van der Waals surface area contributed by atoms with Crippen LogP contribution < -0.4 is 11.1 Å². The molecule has 0 aliphatic carbocycles. The molecule has 8 heteroatoms. The van der Waals surface area contributed by atoms with Crippen LogP contribution in [0.2, 0.25) is 0 Å². The van der Waals surface area contributed by atoms with E-state index in [0.29, 0.717) is 24.4 Å². The summed E-state index contributed by atoms with van der Waals surface area (Å²) in [7, 11) is -3.79. The van der Waals surface area contributed by atoms with Crippen LogP contribution in [0.25, 0.3) is 5.65 Å². The first-order valence-corrected chi connectivity index (χ1v) is 10.3. The van der Waals surface area contributed by atoms with Gasteiger partial charge < -0.3 is 11.1 Å². The minimum absolute atomic E-state index is 0.0929. The molecule has 144 valence electrons. The van der Waals surface area contributed by atoms with E-state index in [4.69, 9.17) is 5.73 Å². The summed E-state index contributed by atoms with van der Waals surface area (Å²) in [6, 6.07) is 10.2. The van der Waals surface area contributed by atoms with Crippen molar-refractivity contribution >= 4 is 21.3 Å². The Bertz CT molecular complexity index is 1070. The molecule has 2 heterocycles. The number of nitrogens with two attached hydrogens (primary N) is 1. The molecule has 0 bridgehead atoms. The zero-order chi connectivity index (χ0) is 19.8. The zero-order valence-electron chi connectivity index (χ0n) is 16.0. The Hall–Kier alpha value is -2.45. The molecule has 0 radical (unpaired) electrons. The Labute approximate surface area is 159 Å². The number of fused-ring (bicyclic) bond motifs is 1. The van der Waals surface area contributed by atoms with Crippen LogP contribution in [0, 0.1) is 13.8 Å². The van der Waals surface area contributed by atoms with E-state index in [2.05, 4.69) is 15.4 Å². The summed E-state index contributed by atoms with van der Waals surface area (Å²) in [6.07, 6.45) is 0.664. The first kappa shape index (κ1) is 19.3. The number of nitrogens with one attached hydrogen (secondary N) is 1. The van der Waals surface area contributed by atoms with Gasteiger partial charge in [-0.2, -0.15) is 0 Å². The van der Waals surface area contributed by atoms with Gasteiger partial charge in [0.2, 0.25) is 9.84 Å². The average molecular weight is 388 g/mol. The van der Waals surface area contributed by atoms with E-state index < -0.39 is 9.84 Å². The van der Waals surface area contributed by atoms with Gasteiger partial charge in [0.1, 0.15) is 0 Å². The summed E-state index contributed by atoms with van der Waals surface area (Å²) in [5.41, 5.74) is 7.55. The Morgan fingerprint density at radius 1 is 1.19 bits per heavy atom. The molecule has 7 nitrogen and oxygen atoms in total. The van der Waals surface area contributed by atoms with Crippen molar-refractivity contribution in [3.8, 4) is 0 Å². The molecule has 0 amide bonds. The van der Waals surface area contributed by atoms with Gasteiger partial charge in [-0.15, -0.1) is 5.10 Å². The third-order valence-electron chi connectivity index (χ3n) is 4.24. The zero-order valence-corrected chi connectivity index (χ0v) is 16.8. The Balaban J connectivity index is 2.17. The Kier molecular flexibility index (Phi) is 4.96. The van der Waals surface area contributed by atoms with Gasteiger partial charge in [-0.3, -0.25) is 0 Å². The van der Waals surface area contributed by atoms with Crippen LogP contribution in [0.5, 0.6) is 0 Å². The number of hydrogen-bond donors (Lipinski definition) is 2. The fourth-order valence-electron chi connectivity index (χ4n) is 2.89. The van der Waals surface area contributed by atoms with E-state index >= 15 is 0 Å². The van der Waals surface area contributed by atoms with E-state index in [1.807, 2.05) is 33.8 Å². The maximum atomic E-state index is 13.4. The number of nitrogens with zero attached hydrogens (tertiary/aromatic N) is 3. The van der Waals surface area contributed by atoms with Crippen LogP contribution in [0.15, 0.2) is 46.2 Å². The van der Waals surface area contributed by atoms with Crippen molar-refractivity contribution in [1.82, 2.24) is 14.6 Å². The molecule has 3 aromatic rings. The van der Waals surface area contributed by atoms with Crippen molar-refractivity contribution in [3.63, 3.8) is 0 Å². The molecule has 0 aliphatic heterocycles. The third kappa shape index (κ3) is 3.96. The van der Waals surface area contributed by atoms with Crippen LogP contribution in [0.3, 0.4) is 0 Å². The van der Waals surface area contributed by atoms with E-state index in [-0.39, 0.29) is 15.3 Å². The molecule has 2 aromatic heterocycles. The second-order valence-electron chi connectivity index (χ2n) is 7.43. The number of aryl methyl sites for hydroxylation is 2. The van der Waals surface area contributed by atoms with Gasteiger partial charge in [-0.25, -0.2) is 17.9 Å². The highest BCUT2D eigenvalue weighted by molar-refractivity contribution is 7.91. The lowest BCUT2D eigenvalue weighted by Crippen LogP contribution is -2.34. The highest BCUT2D eigenvalue weighted by Gasteiger charge is 2.29. The van der Waals surface area contributed by atoms with Crippen molar-refractivity contribution in [2.45, 2.75) is 49.4 Å². The number of benzene rings is 1. The van der Waals surface area contributed by atoms with Crippen LogP contribution >= 0.6 is 0 Å². The predicted octanol–water partition coefficient (Wildman–Crippen LogP) is 2.72. The normalized spacial score (nSPS) is 12.5. The molecule has 27 heavy (non-hydrogen) atoms. The SMILES string of the molecule is Cc1cc(C)n2nc(NCCC(C)(C)N)c(S(=O)(=O)c3ccccc3)c2n1. The molecule has 1 aromatic carbocycles. The number of rotatable bonds is 6. The van der Waals surface area contributed by atoms with Crippen molar-refractivity contribution in [2.75, 3.05) is 11.9 Å². The minimum atomic E-state index is -3.79. The number of anilines is 1. The Morgan fingerprint density at radius 2 is 1.85 bits per heavy atom. The summed E-state index contributed by atoms with van der Waals surface area (Å²) in [6.45, 7) is 8.07. The molecule has 0 saturated heterocycles. The molecule has 0 saturated carbocycles. The van der Waals surface area contributed by atoms with Gasteiger partial charge in [-0.05, 0) is 52.3 Å². The first-order valence-electron chi connectivity index (χ1n) is 8.79. The van der Waals surface area contributed by atoms with E-state index in [9.17, 15) is 8.42 Å². The van der Waals surface area contributed by atoms with E-state index in [1.54, 1.807) is 34.8 Å². The molecule has 0 atom stereocenters. The number of aromatic nitrogens is 3. The second-order valence-corrected chi connectivity index (χ2v) is 9.32. The van der Waals surface area contributed by atoms with Crippen LogP contribution in [-0.2, 0) is 9.84 Å². The molecule has 3 N–H and O–H groups in total. The van der Waals surface area contributed by atoms with E-state index in [0.717, 1.165) is 11.4 Å². The number of sulfone groups is 1. The van der Waals surface area contributed by atoms with Crippen LogP contribution in [0.1, 0.15) is 31.7 Å². The second kappa shape index (κ2) is 6.94. The molecule has 0 unspecified atom stereocenters. The third-order valence-corrected chi connectivity index (χ3v) is 6.04. The minimum Gasteiger partial charge on any atom is -0.367 e. The Morgan fingerprint density at radius 3 is 2.48 bits per heavy atom. The predicted molar refractivity (Wildman–Crippen MR) is 106 cm³/mol.